The van der Waals surface area contributed by atoms with E-state index in [1.165, 1.54) is 44.5 Å². The Kier molecular flexibility index (Phi) is 9.06. The predicted octanol–water partition coefficient (Wildman–Crippen LogP) is 9.93. The maximum atomic E-state index is 3.85. The van der Waals surface area contributed by atoms with E-state index in [4.69, 9.17) is 0 Å². The third kappa shape index (κ3) is 6.93. The smallest absolute Gasteiger partial charge is 0.0184 e. The molecule has 0 aliphatic carbocycles. The Bertz CT molecular complexity index is 1220. The molecule has 4 aromatic carbocycles. The largest absolute Gasteiger partial charge is 0.103 e. The van der Waals surface area contributed by atoms with Gasteiger partial charge in [-0.25, -0.2) is 0 Å². The molecule has 0 nitrogen and oxygen atoms in total. The molecule has 0 heterocycles. The van der Waals surface area contributed by atoms with Crippen LogP contribution in [0.2, 0.25) is 0 Å². The zero-order valence-corrected chi connectivity index (χ0v) is 20.9. The molecule has 0 spiro atoms. The van der Waals surface area contributed by atoms with Gasteiger partial charge in [0.05, 0.1) is 0 Å². The van der Waals surface area contributed by atoms with Crippen molar-refractivity contribution < 1.29 is 0 Å². The monoisotopic (exact) mass is 466 g/mol. The van der Waals surface area contributed by atoms with Crippen LogP contribution in [0.1, 0.15) is 46.2 Å². The number of aryl methyl sites for hydroxylation is 2. The first-order valence-corrected chi connectivity index (χ1v) is 12.7. The molecule has 0 atom stereocenters. The van der Waals surface area contributed by atoms with Crippen molar-refractivity contribution in [3.8, 4) is 11.1 Å². The van der Waals surface area contributed by atoms with Gasteiger partial charge in [-0.2, -0.15) is 0 Å². The van der Waals surface area contributed by atoms with Gasteiger partial charge in [0.25, 0.3) is 0 Å². The van der Waals surface area contributed by atoms with E-state index in [9.17, 15) is 0 Å². The Hall–Kier alpha value is -4.16. The van der Waals surface area contributed by atoms with Gasteiger partial charge in [-0.15, -0.1) is 13.2 Å². The molecule has 0 radical (unpaired) electrons. The quantitative estimate of drug-likeness (QED) is 0.152. The minimum Gasteiger partial charge on any atom is -0.103 e. The molecule has 36 heavy (non-hydrogen) atoms. The summed E-state index contributed by atoms with van der Waals surface area (Å²) in [5.41, 5.74) is 10.1. The van der Waals surface area contributed by atoms with Crippen molar-refractivity contribution in [1.82, 2.24) is 0 Å². The lowest BCUT2D eigenvalue weighted by molar-refractivity contribution is 1.00. The fourth-order valence-corrected chi connectivity index (χ4v) is 4.31. The molecule has 4 aromatic rings. The number of hydrogen-bond donors (Lipinski definition) is 0. The van der Waals surface area contributed by atoms with Crippen molar-refractivity contribution >= 4 is 24.3 Å². The van der Waals surface area contributed by atoms with E-state index < -0.39 is 0 Å². The highest BCUT2D eigenvalue weighted by Crippen LogP contribution is 2.23. The average Bonchev–Trinajstić information content (AvgIpc) is 2.94. The second-order valence-electron chi connectivity index (χ2n) is 8.96. The van der Waals surface area contributed by atoms with Crippen LogP contribution in [0.25, 0.3) is 35.4 Å². The van der Waals surface area contributed by atoms with Crippen LogP contribution in [0.5, 0.6) is 0 Å². The van der Waals surface area contributed by atoms with Crippen molar-refractivity contribution in [3.05, 3.63) is 156 Å². The number of rotatable bonds is 11. The van der Waals surface area contributed by atoms with E-state index in [1.54, 1.807) is 0 Å². The highest BCUT2D eigenvalue weighted by Gasteiger charge is 2.01. The summed E-state index contributed by atoms with van der Waals surface area (Å²) in [7, 11) is 0. The van der Waals surface area contributed by atoms with Gasteiger partial charge < -0.3 is 0 Å². The van der Waals surface area contributed by atoms with Crippen LogP contribution in [0.4, 0.5) is 0 Å². The first-order chi connectivity index (χ1) is 17.8. The normalized spacial score (nSPS) is 11.2. The number of allylic oxidation sites excluding steroid dienone is 2. The predicted molar refractivity (Wildman–Crippen MR) is 160 cm³/mol. The Balaban J connectivity index is 1.42. The molecule has 0 aromatic heterocycles. The second-order valence-corrected chi connectivity index (χ2v) is 8.96. The molecule has 0 N–H and O–H groups in total. The topological polar surface area (TPSA) is 0 Å². The first kappa shape index (κ1) is 24.9. The molecule has 0 unspecified atom stereocenters. The van der Waals surface area contributed by atoms with Gasteiger partial charge in [0.1, 0.15) is 0 Å². The van der Waals surface area contributed by atoms with Crippen molar-refractivity contribution in [1.29, 1.82) is 0 Å². The van der Waals surface area contributed by atoms with Crippen LogP contribution < -0.4 is 0 Å². The number of hydrogen-bond acceptors (Lipinski definition) is 0. The summed E-state index contributed by atoms with van der Waals surface area (Å²) in [6, 6.07) is 34.7. The summed E-state index contributed by atoms with van der Waals surface area (Å²) in [6.45, 7) is 7.69. The Labute approximate surface area is 216 Å². The second kappa shape index (κ2) is 13.1. The van der Waals surface area contributed by atoms with Crippen molar-refractivity contribution in [2.45, 2.75) is 25.7 Å². The van der Waals surface area contributed by atoms with Crippen molar-refractivity contribution in [2.24, 2.45) is 0 Å². The standard InChI is InChI=1S/C36H34/c1-3-5-11-31-13-7-9-15-33(31)23-17-29-19-25-35(26-20-29)36-27-21-30(22-28-36)18-24-34-16-10-8-14-32(34)12-6-4-2/h3-4,7-10,13-28H,1-2,5-6,11-12H2/b23-17+,24-18+. The van der Waals surface area contributed by atoms with E-state index in [2.05, 4.69) is 135 Å². The van der Waals surface area contributed by atoms with Crippen LogP contribution in [0.15, 0.2) is 122 Å². The molecular formula is C36H34. The third-order valence-electron chi connectivity index (χ3n) is 6.41. The third-order valence-corrected chi connectivity index (χ3v) is 6.41. The lowest BCUT2D eigenvalue weighted by Gasteiger charge is -2.06. The molecule has 0 saturated carbocycles. The zero-order chi connectivity index (χ0) is 25.0. The van der Waals surface area contributed by atoms with Gasteiger partial charge in [0.15, 0.2) is 0 Å². The highest BCUT2D eigenvalue weighted by atomic mass is 14.1. The van der Waals surface area contributed by atoms with E-state index >= 15 is 0 Å². The van der Waals surface area contributed by atoms with Gasteiger partial charge in [0.2, 0.25) is 0 Å². The molecule has 0 bridgehead atoms. The van der Waals surface area contributed by atoms with E-state index in [0.717, 1.165) is 25.7 Å². The molecule has 0 aliphatic rings. The molecule has 178 valence electrons. The summed E-state index contributed by atoms with van der Waals surface area (Å²) in [5, 5.41) is 0. The fraction of sp³-hybridized carbons (Fsp3) is 0.111. The van der Waals surface area contributed by atoms with E-state index in [0.29, 0.717) is 0 Å². The highest BCUT2D eigenvalue weighted by molar-refractivity contribution is 5.75. The van der Waals surface area contributed by atoms with Crippen LogP contribution in [-0.4, -0.2) is 0 Å². The minimum atomic E-state index is 0.997. The summed E-state index contributed by atoms with van der Waals surface area (Å²) >= 11 is 0. The summed E-state index contributed by atoms with van der Waals surface area (Å²) < 4.78 is 0. The van der Waals surface area contributed by atoms with Gasteiger partial charge in [-0.3, -0.25) is 0 Å². The van der Waals surface area contributed by atoms with Crippen LogP contribution in [-0.2, 0) is 12.8 Å². The summed E-state index contributed by atoms with van der Waals surface area (Å²) in [4.78, 5) is 0. The maximum Gasteiger partial charge on any atom is -0.0184 e. The maximum absolute atomic E-state index is 3.85. The SMILES string of the molecule is C=CCCc1ccccc1/C=C/c1ccc(-c2ccc(/C=C/c3ccccc3CCC=C)cc2)cc1. The molecule has 4 rings (SSSR count). The van der Waals surface area contributed by atoms with Gasteiger partial charge >= 0.3 is 0 Å². The Morgan fingerprint density at radius 1 is 0.444 bits per heavy atom. The summed E-state index contributed by atoms with van der Waals surface area (Å²) in [5.74, 6) is 0. The van der Waals surface area contributed by atoms with Crippen molar-refractivity contribution in [3.63, 3.8) is 0 Å². The van der Waals surface area contributed by atoms with Gasteiger partial charge in [0, 0.05) is 0 Å². The minimum absolute atomic E-state index is 0.997. The number of benzene rings is 4. The lowest BCUT2D eigenvalue weighted by atomic mass is 9.99. The fourth-order valence-electron chi connectivity index (χ4n) is 4.31. The van der Waals surface area contributed by atoms with Crippen molar-refractivity contribution in [2.75, 3.05) is 0 Å². The summed E-state index contributed by atoms with van der Waals surface area (Å²) in [6.07, 6.45) is 16.8. The van der Waals surface area contributed by atoms with E-state index in [-0.39, 0.29) is 0 Å². The molecule has 0 saturated heterocycles. The Morgan fingerprint density at radius 3 is 1.22 bits per heavy atom. The van der Waals surface area contributed by atoms with Crippen LogP contribution in [0.3, 0.4) is 0 Å². The van der Waals surface area contributed by atoms with Crippen LogP contribution in [0, 0.1) is 0 Å². The van der Waals surface area contributed by atoms with Crippen LogP contribution >= 0.6 is 0 Å². The molecular weight excluding hydrogens is 432 g/mol. The molecule has 0 amide bonds. The first-order valence-electron chi connectivity index (χ1n) is 12.7. The Morgan fingerprint density at radius 2 is 0.833 bits per heavy atom. The zero-order valence-electron chi connectivity index (χ0n) is 20.9. The van der Waals surface area contributed by atoms with E-state index in [1.807, 2.05) is 12.2 Å². The average molecular weight is 467 g/mol. The van der Waals surface area contributed by atoms with Gasteiger partial charge in [-0.05, 0) is 70.2 Å². The molecule has 0 heteroatoms. The molecule has 0 aliphatic heterocycles. The lowest BCUT2D eigenvalue weighted by Crippen LogP contribution is -1.87. The van der Waals surface area contributed by atoms with Gasteiger partial charge in [-0.1, -0.05) is 134 Å². The molecule has 0 fully saturated rings.